The Morgan fingerprint density at radius 3 is 2.69 bits per heavy atom. The molecule has 2 aromatic heterocycles. The third-order valence-corrected chi connectivity index (χ3v) is 5.53. The van der Waals surface area contributed by atoms with Gasteiger partial charge in [0.05, 0.1) is 11.8 Å². The van der Waals surface area contributed by atoms with Crippen molar-refractivity contribution in [1.29, 1.82) is 0 Å². The number of hydrogen-bond donors (Lipinski definition) is 1. The zero-order valence-electron chi connectivity index (χ0n) is 14.2. The fourth-order valence-electron chi connectivity index (χ4n) is 2.17. The summed E-state index contributed by atoms with van der Waals surface area (Å²) in [6, 6.07) is 10.8. The molecular weight excluding hydrogens is 370 g/mol. The van der Waals surface area contributed by atoms with E-state index in [0.29, 0.717) is 23.0 Å². The van der Waals surface area contributed by atoms with Crippen LogP contribution >= 0.6 is 23.1 Å². The van der Waals surface area contributed by atoms with Gasteiger partial charge in [0.25, 0.3) is 0 Å². The number of rotatable bonds is 7. The molecule has 0 aliphatic carbocycles. The molecular formula is C17H17N5O2S2. The number of amides is 1. The van der Waals surface area contributed by atoms with Gasteiger partial charge in [-0.05, 0) is 60.0 Å². The van der Waals surface area contributed by atoms with Crippen molar-refractivity contribution in [2.45, 2.75) is 30.8 Å². The molecule has 7 nitrogen and oxygen atoms in total. The Hall–Kier alpha value is -2.52. The third kappa shape index (κ3) is 4.55. The van der Waals surface area contributed by atoms with Crippen LogP contribution in [0.2, 0.25) is 0 Å². The van der Waals surface area contributed by atoms with Crippen LogP contribution in [-0.2, 0) is 11.3 Å². The van der Waals surface area contributed by atoms with Gasteiger partial charge in [-0.25, -0.2) is 4.68 Å². The van der Waals surface area contributed by atoms with Gasteiger partial charge in [-0.1, -0.05) is 17.8 Å². The zero-order chi connectivity index (χ0) is 18.5. The fourth-order valence-corrected chi connectivity index (χ4v) is 3.65. The topological polar surface area (TPSA) is 89.8 Å². The number of aromatic nitrogens is 4. The molecule has 1 atom stereocenters. The molecule has 0 radical (unpaired) electrons. The van der Waals surface area contributed by atoms with Crippen molar-refractivity contribution >= 4 is 40.5 Å². The minimum atomic E-state index is -0.379. The van der Waals surface area contributed by atoms with Crippen LogP contribution in [0.3, 0.4) is 0 Å². The summed E-state index contributed by atoms with van der Waals surface area (Å²) in [5.41, 5.74) is 1.25. The fraction of sp³-hybridized carbons (Fsp3) is 0.235. The predicted molar refractivity (Wildman–Crippen MR) is 102 cm³/mol. The van der Waals surface area contributed by atoms with E-state index >= 15 is 0 Å². The number of Topliss-reactive ketones (excluding diaryl/α,β-unsaturated/α-hetero) is 1. The zero-order valence-corrected chi connectivity index (χ0v) is 15.9. The van der Waals surface area contributed by atoms with Crippen LogP contribution in [0.25, 0.3) is 0 Å². The summed E-state index contributed by atoms with van der Waals surface area (Å²) in [5, 5.41) is 16.8. The summed E-state index contributed by atoms with van der Waals surface area (Å²) in [6.45, 7) is 3.88. The van der Waals surface area contributed by atoms with Gasteiger partial charge in [-0.2, -0.15) is 0 Å². The van der Waals surface area contributed by atoms with Crippen molar-refractivity contribution in [2.24, 2.45) is 0 Å². The average Bonchev–Trinajstić information content (AvgIpc) is 3.28. The molecule has 1 amide bonds. The second-order valence-electron chi connectivity index (χ2n) is 5.58. The van der Waals surface area contributed by atoms with Crippen LogP contribution in [0.1, 0.15) is 29.1 Å². The maximum atomic E-state index is 12.4. The molecule has 0 saturated carbocycles. The number of benzene rings is 1. The quantitative estimate of drug-likeness (QED) is 0.495. The summed E-state index contributed by atoms with van der Waals surface area (Å²) in [4.78, 5) is 24.9. The highest BCUT2D eigenvalue weighted by atomic mass is 32.2. The lowest BCUT2D eigenvalue weighted by Crippen LogP contribution is -2.23. The molecule has 0 aliphatic rings. The first-order chi connectivity index (χ1) is 12.5. The Kier molecular flexibility index (Phi) is 5.79. The van der Waals surface area contributed by atoms with Crippen LogP contribution in [0, 0.1) is 0 Å². The second kappa shape index (κ2) is 8.24. The molecule has 0 saturated heterocycles. The number of carbonyl (C=O) groups excluding carboxylic acids is 2. The molecule has 1 aromatic carbocycles. The minimum absolute atomic E-state index is 0.00984. The molecule has 1 unspecified atom stereocenters. The molecule has 134 valence electrons. The number of nitrogens with zero attached hydrogens (tertiary/aromatic N) is 4. The third-order valence-electron chi connectivity index (χ3n) is 3.60. The lowest BCUT2D eigenvalue weighted by atomic mass is 10.1. The first-order valence-corrected chi connectivity index (χ1v) is 9.66. The molecule has 3 aromatic rings. The highest BCUT2D eigenvalue weighted by molar-refractivity contribution is 8.00. The van der Waals surface area contributed by atoms with E-state index in [1.807, 2.05) is 17.5 Å². The Labute approximate surface area is 158 Å². The smallest absolute Gasteiger partial charge is 0.237 e. The molecule has 0 spiro atoms. The summed E-state index contributed by atoms with van der Waals surface area (Å²) in [6.07, 6.45) is 0. The summed E-state index contributed by atoms with van der Waals surface area (Å²) < 4.78 is 1.68. The van der Waals surface area contributed by atoms with Crippen LogP contribution in [0.4, 0.5) is 5.69 Å². The molecule has 3 rings (SSSR count). The number of thioether (sulfide) groups is 1. The monoisotopic (exact) mass is 387 g/mol. The van der Waals surface area contributed by atoms with E-state index < -0.39 is 0 Å². The van der Waals surface area contributed by atoms with E-state index in [1.54, 1.807) is 47.2 Å². The number of tetrazole rings is 1. The Bertz CT molecular complexity index is 890. The number of carbonyl (C=O) groups is 2. The normalized spacial score (nSPS) is 11.9. The van der Waals surface area contributed by atoms with Crippen molar-refractivity contribution in [3.63, 3.8) is 0 Å². The van der Waals surface area contributed by atoms with Crippen LogP contribution in [-0.4, -0.2) is 37.1 Å². The minimum Gasteiger partial charge on any atom is -0.325 e. The molecule has 1 N–H and O–H groups in total. The number of nitrogens with one attached hydrogen (secondary N) is 1. The lowest BCUT2D eigenvalue weighted by molar-refractivity contribution is -0.115. The number of hydrogen-bond acceptors (Lipinski definition) is 7. The van der Waals surface area contributed by atoms with E-state index in [-0.39, 0.29) is 16.9 Å². The van der Waals surface area contributed by atoms with Crippen molar-refractivity contribution < 1.29 is 9.59 Å². The Morgan fingerprint density at radius 2 is 2.04 bits per heavy atom. The van der Waals surface area contributed by atoms with Gasteiger partial charge in [-0.3, -0.25) is 9.59 Å². The predicted octanol–water partition coefficient (Wildman–Crippen LogP) is 3.10. The highest BCUT2D eigenvalue weighted by Crippen LogP contribution is 2.23. The molecule has 0 fully saturated rings. The summed E-state index contributed by atoms with van der Waals surface area (Å²) >= 11 is 2.93. The van der Waals surface area contributed by atoms with Gasteiger partial charge in [0.15, 0.2) is 5.78 Å². The van der Waals surface area contributed by atoms with E-state index in [2.05, 4.69) is 20.8 Å². The second-order valence-corrected chi connectivity index (χ2v) is 7.92. The molecule has 9 heteroatoms. The Balaban J connectivity index is 1.61. The van der Waals surface area contributed by atoms with Gasteiger partial charge in [0.1, 0.15) is 0 Å². The maximum Gasteiger partial charge on any atom is 0.237 e. The molecule has 0 bridgehead atoms. The number of thiophene rings is 1. The maximum absolute atomic E-state index is 12.4. The number of anilines is 1. The first-order valence-electron chi connectivity index (χ1n) is 7.90. The van der Waals surface area contributed by atoms with Crippen molar-refractivity contribution in [2.75, 3.05) is 5.32 Å². The first kappa shape index (κ1) is 18.3. The van der Waals surface area contributed by atoms with E-state index in [4.69, 9.17) is 0 Å². The lowest BCUT2D eigenvalue weighted by Gasteiger charge is -2.11. The molecule has 0 aliphatic heterocycles. The van der Waals surface area contributed by atoms with Gasteiger partial charge >= 0.3 is 0 Å². The van der Waals surface area contributed by atoms with Crippen molar-refractivity contribution in [1.82, 2.24) is 20.2 Å². The van der Waals surface area contributed by atoms with Crippen LogP contribution < -0.4 is 5.32 Å². The van der Waals surface area contributed by atoms with E-state index in [9.17, 15) is 9.59 Å². The van der Waals surface area contributed by atoms with Gasteiger partial charge < -0.3 is 5.32 Å². The van der Waals surface area contributed by atoms with E-state index in [0.717, 1.165) is 4.88 Å². The highest BCUT2D eigenvalue weighted by Gasteiger charge is 2.19. The van der Waals surface area contributed by atoms with Gasteiger partial charge in [0, 0.05) is 16.1 Å². The van der Waals surface area contributed by atoms with Gasteiger partial charge in [-0.15, -0.1) is 16.4 Å². The number of ketones is 1. The molecule has 26 heavy (non-hydrogen) atoms. The standard InChI is InChI=1S/C17H17N5O2S2/c1-11(23)13-5-7-14(8-6-13)18-16(24)12(2)26-17-19-20-21-22(17)10-15-4-3-9-25-15/h3-9,12H,10H2,1-2H3,(H,18,24). The molecule has 2 heterocycles. The largest absolute Gasteiger partial charge is 0.325 e. The van der Waals surface area contributed by atoms with Crippen molar-refractivity contribution in [3.8, 4) is 0 Å². The Morgan fingerprint density at radius 1 is 1.27 bits per heavy atom. The van der Waals surface area contributed by atoms with E-state index in [1.165, 1.54) is 18.7 Å². The van der Waals surface area contributed by atoms with Crippen molar-refractivity contribution in [3.05, 3.63) is 52.2 Å². The SMILES string of the molecule is CC(=O)c1ccc(NC(=O)C(C)Sc2nnnn2Cc2cccs2)cc1. The van der Waals surface area contributed by atoms with Gasteiger partial charge in [0.2, 0.25) is 11.1 Å². The average molecular weight is 387 g/mol. The summed E-state index contributed by atoms with van der Waals surface area (Å²) in [5.74, 6) is -0.166. The van der Waals surface area contributed by atoms with Crippen LogP contribution in [0.15, 0.2) is 46.9 Å². The van der Waals surface area contributed by atoms with Crippen LogP contribution in [0.5, 0.6) is 0 Å². The summed E-state index contributed by atoms with van der Waals surface area (Å²) in [7, 11) is 0.